The Morgan fingerprint density at radius 2 is 1.92 bits per heavy atom. The highest BCUT2D eigenvalue weighted by atomic mass is 19.1. The normalized spacial score (nSPS) is 35.6. The molecule has 6 heteroatoms. The first-order valence-corrected chi connectivity index (χ1v) is 3.72. The fraction of sp³-hybridized carbons (Fsp3) is 0.714. The minimum absolute atomic E-state index is 0.642. The number of aliphatic hydroxyl groups is 1. The third-order valence-electron chi connectivity index (χ3n) is 2.28. The van der Waals surface area contributed by atoms with E-state index in [9.17, 15) is 19.1 Å². The first-order valence-electron chi connectivity index (χ1n) is 3.72. The van der Waals surface area contributed by atoms with Crippen LogP contribution in [0.1, 0.15) is 6.92 Å². The molecule has 13 heavy (non-hydrogen) atoms. The third-order valence-corrected chi connectivity index (χ3v) is 2.28. The van der Waals surface area contributed by atoms with E-state index in [4.69, 9.17) is 0 Å². The summed E-state index contributed by atoms with van der Waals surface area (Å²) in [6.07, 6.45) is -2.10. The molecule has 1 heterocycles. The van der Waals surface area contributed by atoms with E-state index in [-0.39, 0.29) is 0 Å². The Hall–Kier alpha value is -1.17. The smallest absolute Gasteiger partial charge is 0.328 e. The molecular weight excluding hydrogens is 179 g/mol. The summed E-state index contributed by atoms with van der Waals surface area (Å²) in [4.78, 5) is 23.7. The first-order chi connectivity index (χ1) is 5.80. The zero-order valence-electron chi connectivity index (χ0n) is 7.61. The molecule has 74 valence electrons. The minimum atomic E-state index is -2.10. The molecule has 3 amide bonds. The van der Waals surface area contributed by atoms with Gasteiger partial charge < -0.3 is 5.11 Å². The second-order valence-electron chi connectivity index (χ2n) is 3.20. The van der Waals surface area contributed by atoms with E-state index in [0.29, 0.717) is 4.90 Å². The Balaban J connectivity index is 3.07. The molecule has 0 bridgehead atoms. The summed E-state index contributed by atoms with van der Waals surface area (Å²) in [5.41, 5.74) is -2.05. The van der Waals surface area contributed by atoms with Crippen LogP contribution in [0.5, 0.6) is 0 Å². The fourth-order valence-electron chi connectivity index (χ4n) is 1.09. The van der Waals surface area contributed by atoms with E-state index in [1.807, 2.05) is 0 Å². The van der Waals surface area contributed by atoms with Crippen LogP contribution in [0.3, 0.4) is 0 Å². The number of amides is 3. The molecule has 1 aliphatic heterocycles. The van der Waals surface area contributed by atoms with Gasteiger partial charge in [0.05, 0.1) is 0 Å². The van der Waals surface area contributed by atoms with Crippen molar-refractivity contribution in [1.29, 1.82) is 0 Å². The Kier molecular flexibility index (Phi) is 2.03. The summed E-state index contributed by atoms with van der Waals surface area (Å²) in [6.45, 7) is 1.08. The van der Waals surface area contributed by atoms with Gasteiger partial charge in [-0.1, -0.05) is 0 Å². The van der Waals surface area contributed by atoms with E-state index in [1.54, 1.807) is 0 Å². The molecule has 0 radical (unpaired) electrons. The van der Waals surface area contributed by atoms with E-state index in [1.165, 1.54) is 14.1 Å². The molecule has 0 saturated carbocycles. The average Bonchev–Trinajstić information content (AvgIpc) is 2.09. The fourth-order valence-corrected chi connectivity index (χ4v) is 1.09. The van der Waals surface area contributed by atoms with Crippen LogP contribution in [-0.2, 0) is 4.79 Å². The van der Waals surface area contributed by atoms with Crippen molar-refractivity contribution in [2.24, 2.45) is 0 Å². The number of halogens is 1. The lowest BCUT2D eigenvalue weighted by atomic mass is 10.1. The predicted molar refractivity (Wildman–Crippen MR) is 41.4 cm³/mol. The van der Waals surface area contributed by atoms with Crippen LogP contribution in [0.4, 0.5) is 9.18 Å². The Morgan fingerprint density at radius 1 is 1.46 bits per heavy atom. The highest BCUT2D eigenvalue weighted by molar-refractivity contribution is 5.99. The summed E-state index contributed by atoms with van der Waals surface area (Å²) in [7, 11) is 2.40. The van der Waals surface area contributed by atoms with E-state index >= 15 is 0 Å². The quantitative estimate of drug-likeness (QED) is 0.563. The molecule has 0 aliphatic carbocycles. The number of hydrogen-bond donors (Lipinski definition) is 1. The van der Waals surface area contributed by atoms with Crippen LogP contribution in [0.2, 0.25) is 0 Å². The molecule has 0 aromatic rings. The molecule has 2 atom stereocenters. The Morgan fingerprint density at radius 3 is 2.38 bits per heavy atom. The van der Waals surface area contributed by atoms with Gasteiger partial charge in [0.15, 0.2) is 5.72 Å². The zero-order valence-corrected chi connectivity index (χ0v) is 7.61. The number of rotatable bonds is 0. The standard InChI is InChI=1S/C7H11FN2O3/c1-7(13)4(8)5(11)9(2)6(12)10(7)3/h4,13H,1-3H3/t4-,7-/m0/s1. The Labute approximate surface area is 74.7 Å². The molecule has 0 aromatic heterocycles. The van der Waals surface area contributed by atoms with Crippen LogP contribution in [0, 0.1) is 0 Å². The number of alkyl halides is 1. The van der Waals surface area contributed by atoms with Crippen molar-refractivity contribution >= 4 is 11.9 Å². The SMILES string of the molecule is CN1C(=O)[C@H](F)[C@](C)(O)N(C)C1=O. The van der Waals surface area contributed by atoms with Gasteiger partial charge in [0.25, 0.3) is 5.91 Å². The lowest BCUT2D eigenvalue weighted by Gasteiger charge is -2.42. The number of carbonyl (C=O) groups is 2. The maximum absolute atomic E-state index is 13.2. The van der Waals surface area contributed by atoms with E-state index < -0.39 is 23.8 Å². The lowest BCUT2D eigenvalue weighted by Crippen LogP contribution is -2.67. The van der Waals surface area contributed by atoms with Crippen LogP contribution >= 0.6 is 0 Å². The average molecular weight is 190 g/mol. The van der Waals surface area contributed by atoms with Gasteiger partial charge in [-0.25, -0.2) is 9.18 Å². The van der Waals surface area contributed by atoms with Gasteiger partial charge in [0.1, 0.15) is 0 Å². The number of urea groups is 1. The monoisotopic (exact) mass is 190 g/mol. The highest BCUT2D eigenvalue weighted by Gasteiger charge is 2.51. The highest BCUT2D eigenvalue weighted by Crippen LogP contribution is 2.25. The number of carbonyl (C=O) groups excluding carboxylic acids is 2. The summed E-state index contributed by atoms with van der Waals surface area (Å²) < 4.78 is 13.2. The number of nitrogens with zero attached hydrogens (tertiary/aromatic N) is 2. The first kappa shape index (κ1) is 9.91. The van der Waals surface area contributed by atoms with Crippen molar-refractivity contribution in [2.75, 3.05) is 14.1 Å². The van der Waals surface area contributed by atoms with E-state index in [0.717, 1.165) is 11.8 Å². The van der Waals surface area contributed by atoms with E-state index in [2.05, 4.69) is 0 Å². The van der Waals surface area contributed by atoms with Crippen molar-refractivity contribution < 1.29 is 19.1 Å². The van der Waals surface area contributed by atoms with Crippen molar-refractivity contribution in [3.63, 3.8) is 0 Å². The second-order valence-corrected chi connectivity index (χ2v) is 3.20. The van der Waals surface area contributed by atoms with Gasteiger partial charge in [-0.05, 0) is 6.92 Å². The Bertz CT molecular complexity index is 242. The zero-order chi connectivity index (χ0) is 10.4. The maximum Gasteiger partial charge on any atom is 0.328 e. The molecule has 1 fully saturated rings. The molecular formula is C7H11FN2O3. The number of imide groups is 1. The van der Waals surface area contributed by atoms with Crippen molar-refractivity contribution in [1.82, 2.24) is 9.80 Å². The van der Waals surface area contributed by atoms with Crippen LogP contribution in [-0.4, -0.2) is 52.8 Å². The predicted octanol–water partition coefficient (Wildman–Crippen LogP) is -0.443. The molecule has 1 aliphatic rings. The van der Waals surface area contributed by atoms with Crippen molar-refractivity contribution in [2.45, 2.75) is 18.8 Å². The van der Waals surface area contributed by atoms with Gasteiger partial charge >= 0.3 is 6.03 Å². The molecule has 0 spiro atoms. The summed E-state index contributed by atoms with van der Waals surface area (Å²) in [5, 5.41) is 9.45. The number of hydrogen-bond acceptors (Lipinski definition) is 3. The van der Waals surface area contributed by atoms with Crippen molar-refractivity contribution in [3.8, 4) is 0 Å². The topological polar surface area (TPSA) is 60.9 Å². The van der Waals surface area contributed by atoms with Gasteiger partial charge in [-0.2, -0.15) is 0 Å². The van der Waals surface area contributed by atoms with Crippen LogP contribution in [0.15, 0.2) is 0 Å². The molecule has 0 unspecified atom stereocenters. The summed E-state index contributed by atoms with van der Waals surface area (Å²) in [6, 6.07) is -0.719. The minimum Gasteiger partial charge on any atom is -0.368 e. The largest absolute Gasteiger partial charge is 0.368 e. The summed E-state index contributed by atoms with van der Waals surface area (Å²) in [5.74, 6) is -1.02. The third kappa shape index (κ3) is 1.17. The summed E-state index contributed by atoms with van der Waals surface area (Å²) >= 11 is 0. The van der Waals surface area contributed by atoms with Crippen LogP contribution in [0.25, 0.3) is 0 Å². The molecule has 0 aromatic carbocycles. The molecule has 5 nitrogen and oxygen atoms in total. The van der Waals surface area contributed by atoms with Gasteiger partial charge in [0.2, 0.25) is 6.17 Å². The van der Waals surface area contributed by atoms with Gasteiger partial charge in [-0.15, -0.1) is 0 Å². The lowest BCUT2D eigenvalue weighted by molar-refractivity contribution is -0.169. The van der Waals surface area contributed by atoms with Crippen LogP contribution < -0.4 is 0 Å². The maximum atomic E-state index is 13.2. The van der Waals surface area contributed by atoms with Crippen molar-refractivity contribution in [3.05, 3.63) is 0 Å². The van der Waals surface area contributed by atoms with Gasteiger partial charge in [-0.3, -0.25) is 14.6 Å². The molecule has 1 rings (SSSR count). The molecule has 1 saturated heterocycles. The van der Waals surface area contributed by atoms with Gasteiger partial charge in [0, 0.05) is 14.1 Å². The molecule has 1 N–H and O–H groups in total. The second kappa shape index (κ2) is 2.66.